The lowest BCUT2D eigenvalue weighted by molar-refractivity contribution is -0.172. The molecule has 0 saturated carbocycles. The van der Waals surface area contributed by atoms with Crippen molar-refractivity contribution < 1.29 is 23.0 Å². The minimum absolute atomic E-state index is 0.0672. The lowest BCUT2D eigenvalue weighted by atomic mass is 10.2. The predicted octanol–water partition coefficient (Wildman–Crippen LogP) is 1.36. The highest BCUT2D eigenvalue weighted by Gasteiger charge is 2.34. The van der Waals surface area contributed by atoms with E-state index in [-0.39, 0.29) is 12.7 Å². The summed E-state index contributed by atoms with van der Waals surface area (Å²) in [5, 5.41) is 0. The Morgan fingerprint density at radius 2 is 2.38 bits per heavy atom. The number of alkyl halides is 2. The fourth-order valence-electron chi connectivity index (χ4n) is 1.07. The lowest BCUT2D eigenvalue weighted by Gasteiger charge is -2.13. The van der Waals surface area contributed by atoms with Crippen molar-refractivity contribution in [2.24, 2.45) is 0 Å². The molecular weight excluding hydrogens is 182 g/mol. The Hall–Kier alpha value is -0.710. The van der Waals surface area contributed by atoms with Gasteiger partial charge in [0, 0.05) is 13.5 Å². The summed E-state index contributed by atoms with van der Waals surface area (Å²) in [5.74, 6) is -4.89. The van der Waals surface area contributed by atoms with Crippen LogP contribution in [0.3, 0.4) is 0 Å². The summed E-state index contributed by atoms with van der Waals surface area (Å²) in [7, 11) is 0. The molecule has 13 heavy (non-hydrogen) atoms. The van der Waals surface area contributed by atoms with Gasteiger partial charge in [0.25, 0.3) is 0 Å². The number of carbonyl (C=O) groups excluding carboxylic acids is 1. The first-order valence-electron chi connectivity index (χ1n) is 4.17. The molecular formula is C8H12F2O3. The second-order valence-corrected chi connectivity index (χ2v) is 3.12. The Kier molecular flexibility index (Phi) is 3.19. The number of esters is 1. The molecule has 1 atom stereocenters. The van der Waals surface area contributed by atoms with E-state index in [4.69, 9.17) is 4.74 Å². The largest absolute Gasteiger partial charge is 0.459 e. The molecule has 0 N–H and O–H groups in total. The summed E-state index contributed by atoms with van der Waals surface area (Å²) in [6.45, 7) is 1.07. The van der Waals surface area contributed by atoms with Gasteiger partial charge in [0.1, 0.15) is 6.61 Å². The van der Waals surface area contributed by atoms with Gasteiger partial charge in [-0.15, -0.1) is 0 Å². The topological polar surface area (TPSA) is 35.5 Å². The Morgan fingerprint density at radius 3 is 2.85 bits per heavy atom. The van der Waals surface area contributed by atoms with E-state index in [9.17, 15) is 13.6 Å². The van der Waals surface area contributed by atoms with Gasteiger partial charge >= 0.3 is 11.9 Å². The van der Waals surface area contributed by atoms with E-state index >= 15 is 0 Å². The van der Waals surface area contributed by atoms with Crippen LogP contribution in [-0.2, 0) is 14.3 Å². The highest BCUT2D eigenvalue weighted by atomic mass is 19.3. The number of rotatable bonds is 3. The van der Waals surface area contributed by atoms with Crippen molar-refractivity contribution in [2.45, 2.75) is 31.8 Å². The molecule has 0 aliphatic carbocycles. The van der Waals surface area contributed by atoms with Gasteiger partial charge in [0.05, 0.1) is 6.10 Å². The molecule has 1 aliphatic rings. The van der Waals surface area contributed by atoms with Gasteiger partial charge in [0.15, 0.2) is 0 Å². The third kappa shape index (κ3) is 3.26. The Morgan fingerprint density at radius 1 is 1.69 bits per heavy atom. The standard InChI is InChI=1S/C8H12F2O3/c1-8(9,10)7(11)13-5-6-3-2-4-12-6/h6H,2-5H2,1H3. The van der Waals surface area contributed by atoms with Crippen LogP contribution in [0, 0.1) is 0 Å². The maximum Gasteiger partial charge on any atom is 0.376 e. The zero-order chi connectivity index (χ0) is 9.90. The number of hydrogen-bond donors (Lipinski definition) is 0. The monoisotopic (exact) mass is 194 g/mol. The van der Waals surface area contributed by atoms with Crippen molar-refractivity contribution in [2.75, 3.05) is 13.2 Å². The van der Waals surface area contributed by atoms with E-state index in [0.29, 0.717) is 13.5 Å². The first-order valence-corrected chi connectivity index (χ1v) is 4.17. The van der Waals surface area contributed by atoms with Crippen LogP contribution in [-0.4, -0.2) is 31.2 Å². The van der Waals surface area contributed by atoms with Gasteiger partial charge in [-0.1, -0.05) is 0 Å². The molecule has 0 aromatic heterocycles. The summed E-state index contributed by atoms with van der Waals surface area (Å²) in [6.07, 6.45) is 1.46. The van der Waals surface area contributed by atoms with E-state index in [1.54, 1.807) is 0 Å². The minimum Gasteiger partial charge on any atom is -0.459 e. The molecule has 1 saturated heterocycles. The molecule has 3 nitrogen and oxygen atoms in total. The Balaban J connectivity index is 2.22. The molecule has 0 radical (unpaired) electrons. The lowest BCUT2D eigenvalue weighted by Crippen LogP contribution is -2.29. The zero-order valence-corrected chi connectivity index (χ0v) is 7.39. The SMILES string of the molecule is CC(F)(F)C(=O)OCC1CCCO1. The van der Waals surface area contributed by atoms with Crippen LogP contribution in [0.1, 0.15) is 19.8 Å². The molecule has 1 heterocycles. The van der Waals surface area contributed by atoms with Crippen LogP contribution in [0.5, 0.6) is 0 Å². The average Bonchev–Trinajstić information content (AvgIpc) is 2.50. The number of ether oxygens (including phenoxy) is 2. The van der Waals surface area contributed by atoms with Crippen LogP contribution in [0.15, 0.2) is 0 Å². The summed E-state index contributed by atoms with van der Waals surface area (Å²) >= 11 is 0. The molecule has 0 aromatic carbocycles. The van der Waals surface area contributed by atoms with E-state index < -0.39 is 11.9 Å². The molecule has 0 amide bonds. The molecule has 5 heteroatoms. The van der Waals surface area contributed by atoms with Crippen molar-refractivity contribution in [3.8, 4) is 0 Å². The quantitative estimate of drug-likeness (QED) is 0.636. The van der Waals surface area contributed by atoms with Crippen LogP contribution in [0.25, 0.3) is 0 Å². The average molecular weight is 194 g/mol. The second kappa shape index (κ2) is 4.00. The first-order chi connectivity index (χ1) is 6.00. The normalized spacial score (nSPS) is 23.2. The van der Waals surface area contributed by atoms with E-state index in [2.05, 4.69) is 4.74 Å². The van der Waals surface area contributed by atoms with Crippen LogP contribution in [0.4, 0.5) is 8.78 Å². The molecule has 1 fully saturated rings. The van der Waals surface area contributed by atoms with Gasteiger partial charge < -0.3 is 9.47 Å². The molecule has 76 valence electrons. The van der Waals surface area contributed by atoms with Gasteiger partial charge in [-0.25, -0.2) is 4.79 Å². The number of halogens is 2. The third-order valence-corrected chi connectivity index (χ3v) is 1.78. The molecule has 1 rings (SSSR count). The van der Waals surface area contributed by atoms with Crippen LogP contribution in [0.2, 0.25) is 0 Å². The summed E-state index contributed by atoms with van der Waals surface area (Å²) in [6, 6.07) is 0. The maximum absolute atomic E-state index is 12.3. The van der Waals surface area contributed by atoms with E-state index in [0.717, 1.165) is 12.8 Å². The Labute approximate surface area is 75.0 Å². The van der Waals surface area contributed by atoms with Crippen molar-refractivity contribution in [1.29, 1.82) is 0 Å². The van der Waals surface area contributed by atoms with Crippen molar-refractivity contribution in [1.82, 2.24) is 0 Å². The maximum atomic E-state index is 12.3. The highest BCUT2D eigenvalue weighted by Crippen LogP contribution is 2.16. The molecule has 1 unspecified atom stereocenters. The van der Waals surface area contributed by atoms with Crippen molar-refractivity contribution in [3.05, 3.63) is 0 Å². The summed E-state index contributed by atoms with van der Waals surface area (Å²) < 4.78 is 34.0. The highest BCUT2D eigenvalue weighted by molar-refractivity contribution is 5.76. The van der Waals surface area contributed by atoms with Gasteiger partial charge in [-0.3, -0.25) is 0 Å². The number of carbonyl (C=O) groups is 1. The smallest absolute Gasteiger partial charge is 0.376 e. The van der Waals surface area contributed by atoms with Gasteiger partial charge in [0.2, 0.25) is 0 Å². The summed E-state index contributed by atoms with van der Waals surface area (Å²) in [4.78, 5) is 10.6. The Bertz CT molecular complexity index is 182. The van der Waals surface area contributed by atoms with Crippen molar-refractivity contribution >= 4 is 5.97 Å². The molecule has 0 bridgehead atoms. The molecule has 0 spiro atoms. The third-order valence-electron chi connectivity index (χ3n) is 1.78. The fraction of sp³-hybridized carbons (Fsp3) is 0.875. The van der Waals surface area contributed by atoms with E-state index in [1.807, 2.05) is 0 Å². The first kappa shape index (κ1) is 10.4. The number of hydrogen-bond acceptors (Lipinski definition) is 3. The van der Waals surface area contributed by atoms with Crippen molar-refractivity contribution in [3.63, 3.8) is 0 Å². The molecule has 1 aliphatic heterocycles. The predicted molar refractivity (Wildman–Crippen MR) is 40.6 cm³/mol. The van der Waals surface area contributed by atoms with Crippen LogP contribution >= 0.6 is 0 Å². The fourth-order valence-corrected chi connectivity index (χ4v) is 1.07. The molecule has 0 aromatic rings. The van der Waals surface area contributed by atoms with Crippen LogP contribution < -0.4 is 0 Å². The minimum atomic E-state index is -3.40. The van der Waals surface area contributed by atoms with Gasteiger partial charge in [-0.2, -0.15) is 8.78 Å². The zero-order valence-electron chi connectivity index (χ0n) is 7.39. The summed E-state index contributed by atoms with van der Waals surface area (Å²) in [5.41, 5.74) is 0. The second-order valence-electron chi connectivity index (χ2n) is 3.12. The van der Waals surface area contributed by atoms with Gasteiger partial charge in [-0.05, 0) is 12.8 Å². The van der Waals surface area contributed by atoms with E-state index in [1.165, 1.54) is 0 Å².